The zero-order valence-corrected chi connectivity index (χ0v) is 16.8. The summed E-state index contributed by atoms with van der Waals surface area (Å²) >= 11 is 6.59. The molecule has 29 heavy (non-hydrogen) atoms. The molecule has 1 saturated heterocycles. The van der Waals surface area contributed by atoms with Crippen molar-refractivity contribution in [3.05, 3.63) is 41.0 Å². The average molecular weight is 415 g/mol. The lowest BCUT2D eigenvalue weighted by molar-refractivity contribution is -0.0107. The number of fused-ring (bicyclic) bond motifs is 1. The fourth-order valence-corrected chi connectivity index (χ4v) is 4.07. The molecule has 3 aromatic rings. The number of aliphatic hydroxyl groups is 1. The molecule has 2 aromatic heterocycles. The van der Waals surface area contributed by atoms with Gasteiger partial charge in [0.15, 0.2) is 5.75 Å². The van der Waals surface area contributed by atoms with Crippen LogP contribution in [0.15, 0.2) is 30.5 Å². The van der Waals surface area contributed by atoms with Gasteiger partial charge in [-0.25, -0.2) is 9.67 Å². The maximum Gasteiger partial charge on any atom is 0.225 e. The number of hydrogen-bond acceptors (Lipinski definition) is 6. The summed E-state index contributed by atoms with van der Waals surface area (Å²) < 4.78 is 13.5. The van der Waals surface area contributed by atoms with Gasteiger partial charge >= 0.3 is 0 Å². The molecule has 1 N–H and O–H groups in total. The van der Waals surface area contributed by atoms with Gasteiger partial charge in [0, 0.05) is 30.8 Å². The maximum atomic E-state index is 10.9. The molecule has 3 heterocycles. The Morgan fingerprint density at radius 1 is 1.28 bits per heavy atom. The topological polar surface area (TPSA) is 82.3 Å². The number of hydrogen-bond donors (Lipinski definition) is 1. The van der Waals surface area contributed by atoms with Crippen LogP contribution < -0.4 is 4.74 Å². The number of pyridine rings is 1. The zero-order valence-electron chi connectivity index (χ0n) is 16.0. The molecule has 8 heteroatoms. The van der Waals surface area contributed by atoms with Gasteiger partial charge in [0.1, 0.15) is 10.5 Å². The molecule has 1 saturated carbocycles. The van der Waals surface area contributed by atoms with Gasteiger partial charge in [-0.3, -0.25) is 0 Å². The molecule has 152 valence electrons. The van der Waals surface area contributed by atoms with Crippen molar-refractivity contribution in [2.24, 2.45) is 11.8 Å². The van der Waals surface area contributed by atoms with E-state index in [2.05, 4.69) is 15.3 Å². The number of rotatable bonds is 6. The molecule has 5 rings (SSSR count). The Balaban J connectivity index is 1.42. The minimum Gasteiger partial charge on any atom is -0.437 e. The van der Waals surface area contributed by atoms with Gasteiger partial charge in [-0.15, -0.1) is 5.10 Å². The molecular weight excluding hydrogens is 392 g/mol. The molecule has 1 aliphatic heterocycles. The highest BCUT2D eigenvalue weighted by Crippen LogP contribution is 2.39. The standard InChI is InChI=1S/C21H23ClN4O3/c22-18-17(8-7-16-19(18)24-25-26(16)11-13-5-6-13)29-21-15(4-1-9-23-21)20(27)14-3-2-10-28-12-14/h1,4,7-9,13-14,20,27H,2-3,5-6,10-12H2. The molecule has 2 atom stereocenters. The van der Waals surface area contributed by atoms with Crippen LogP contribution in [0.2, 0.25) is 5.02 Å². The summed E-state index contributed by atoms with van der Waals surface area (Å²) in [7, 11) is 0. The lowest BCUT2D eigenvalue weighted by Crippen LogP contribution is -2.24. The quantitative estimate of drug-likeness (QED) is 0.652. The first-order chi connectivity index (χ1) is 14.2. The fraction of sp³-hybridized carbons (Fsp3) is 0.476. The Labute approximate surface area is 173 Å². The minimum absolute atomic E-state index is 0.0237. The van der Waals surface area contributed by atoms with E-state index in [1.54, 1.807) is 12.3 Å². The van der Waals surface area contributed by atoms with Crippen LogP contribution in [0.3, 0.4) is 0 Å². The summed E-state index contributed by atoms with van der Waals surface area (Å²) in [6, 6.07) is 7.36. The van der Waals surface area contributed by atoms with Gasteiger partial charge in [0.25, 0.3) is 0 Å². The van der Waals surface area contributed by atoms with Crippen LogP contribution in [0.4, 0.5) is 0 Å². The summed E-state index contributed by atoms with van der Waals surface area (Å²) in [6.07, 6.45) is 5.27. The van der Waals surface area contributed by atoms with Crippen molar-refractivity contribution in [1.29, 1.82) is 0 Å². The van der Waals surface area contributed by atoms with E-state index in [1.807, 2.05) is 22.9 Å². The van der Waals surface area contributed by atoms with Crippen molar-refractivity contribution < 1.29 is 14.6 Å². The van der Waals surface area contributed by atoms with Gasteiger partial charge < -0.3 is 14.6 Å². The van der Waals surface area contributed by atoms with Crippen LogP contribution in [0.25, 0.3) is 11.0 Å². The number of nitrogens with zero attached hydrogens (tertiary/aromatic N) is 4. The predicted octanol–water partition coefficient (Wildman–Crippen LogP) is 4.14. The van der Waals surface area contributed by atoms with Crippen molar-refractivity contribution >= 4 is 22.6 Å². The van der Waals surface area contributed by atoms with E-state index in [0.29, 0.717) is 40.3 Å². The van der Waals surface area contributed by atoms with E-state index in [-0.39, 0.29) is 5.92 Å². The highest BCUT2D eigenvalue weighted by atomic mass is 35.5. The first-order valence-corrected chi connectivity index (χ1v) is 10.5. The van der Waals surface area contributed by atoms with Gasteiger partial charge in [0.2, 0.25) is 5.88 Å². The van der Waals surface area contributed by atoms with Crippen LogP contribution in [-0.4, -0.2) is 38.3 Å². The van der Waals surface area contributed by atoms with Crippen molar-refractivity contribution in [3.8, 4) is 11.6 Å². The number of ether oxygens (including phenoxy) is 2. The monoisotopic (exact) mass is 414 g/mol. The van der Waals surface area contributed by atoms with Crippen LogP contribution in [0.1, 0.15) is 37.4 Å². The lowest BCUT2D eigenvalue weighted by atomic mass is 9.91. The van der Waals surface area contributed by atoms with E-state index < -0.39 is 6.10 Å². The SMILES string of the molecule is OC(c1cccnc1Oc1ccc2c(nnn2CC2CC2)c1Cl)C1CCCOC1. The Bertz CT molecular complexity index is 1010. The molecular formula is C21H23ClN4O3. The van der Waals surface area contributed by atoms with Crippen LogP contribution in [-0.2, 0) is 11.3 Å². The largest absolute Gasteiger partial charge is 0.437 e. The van der Waals surface area contributed by atoms with Crippen LogP contribution >= 0.6 is 11.6 Å². The summed E-state index contributed by atoms with van der Waals surface area (Å²) in [4.78, 5) is 4.34. The molecule has 1 aliphatic carbocycles. The second-order valence-corrected chi connectivity index (χ2v) is 8.26. The number of aromatic nitrogens is 4. The molecule has 0 radical (unpaired) electrons. The van der Waals surface area contributed by atoms with E-state index >= 15 is 0 Å². The Hall–Kier alpha value is -2.22. The fourth-order valence-electron chi connectivity index (χ4n) is 3.83. The number of benzene rings is 1. The van der Waals surface area contributed by atoms with Crippen molar-refractivity contribution in [2.75, 3.05) is 13.2 Å². The molecule has 2 unspecified atom stereocenters. The molecule has 2 aliphatic rings. The molecule has 0 amide bonds. The van der Waals surface area contributed by atoms with E-state index in [4.69, 9.17) is 21.1 Å². The lowest BCUT2D eigenvalue weighted by Gasteiger charge is -2.27. The predicted molar refractivity (Wildman–Crippen MR) is 108 cm³/mol. The second kappa shape index (κ2) is 7.89. The van der Waals surface area contributed by atoms with E-state index in [9.17, 15) is 5.11 Å². The smallest absolute Gasteiger partial charge is 0.225 e. The molecule has 0 bridgehead atoms. The average Bonchev–Trinajstić information content (AvgIpc) is 3.49. The van der Waals surface area contributed by atoms with Crippen molar-refractivity contribution in [3.63, 3.8) is 0 Å². The normalized spacial score (nSPS) is 20.7. The first kappa shape index (κ1) is 18.8. The third-order valence-electron chi connectivity index (χ3n) is 5.69. The number of halogens is 1. The Morgan fingerprint density at radius 3 is 2.97 bits per heavy atom. The van der Waals surface area contributed by atoms with Crippen LogP contribution in [0, 0.1) is 11.8 Å². The van der Waals surface area contributed by atoms with Gasteiger partial charge in [-0.05, 0) is 55.9 Å². The Morgan fingerprint density at radius 2 is 2.17 bits per heavy atom. The zero-order chi connectivity index (χ0) is 19.8. The van der Waals surface area contributed by atoms with E-state index in [0.717, 1.165) is 31.5 Å². The summed E-state index contributed by atoms with van der Waals surface area (Å²) in [5, 5.41) is 19.8. The van der Waals surface area contributed by atoms with Crippen LogP contribution in [0.5, 0.6) is 11.6 Å². The minimum atomic E-state index is -0.707. The highest BCUT2D eigenvalue weighted by Gasteiger charge is 2.28. The van der Waals surface area contributed by atoms with Gasteiger partial charge in [-0.1, -0.05) is 16.8 Å². The van der Waals surface area contributed by atoms with Gasteiger partial charge in [-0.2, -0.15) is 0 Å². The van der Waals surface area contributed by atoms with Crippen molar-refractivity contribution in [1.82, 2.24) is 20.0 Å². The summed E-state index contributed by atoms with van der Waals surface area (Å²) in [6.45, 7) is 2.15. The molecule has 2 fully saturated rings. The number of aliphatic hydroxyl groups excluding tert-OH is 1. The van der Waals surface area contributed by atoms with Gasteiger partial charge in [0.05, 0.1) is 18.2 Å². The molecule has 1 aromatic carbocycles. The van der Waals surface area contributed by atoms with E-state index in [1.165, 1.54) is 12.8 Å². The third-order valence-corrected chi connectivity index (χ3v) is 6.05. The van der Waals surface area contributed by atoms with Crippen molar-refractivity contribution in [2.45, 2.75) is 38.3 Å². The second-order valence-electron chi connectivity index (χ2n) is 7.88. The maximum absolute atomic E-state index is 10.9. The first-order valence-electron chi connectivity index (χ1n) is 10.1. The third kappa shape index (κ3) is 3.82. The Kier molecular flexibility index (Phi) is 5.11. The molecule has 0 spiro atoms. The molecule has 7 nitrogen and oxygen atoms in total. The summed E-state index contributed by atoms with van der Waals surface area (Å²) in [5.41, 5.74) is 2.15. The highest BCUT2D eigenvalue weighted by molar-refractivity contribution is 6.36. The summed E-state index contributed by atoms with van der Waals surface area (Å²) in [5.74, 6) is 1.51.